The summed E-state index contributed by atoms with van der Waals surface area (Å²) in [6.45, 7) is 5.12. The molecule has 0 unspecified atom stereocenters. The van der Waals surface area contributed by atoms with Gasteiger partial charge in [-0.3, -0.25) is 4.79 Å². The molecule has 0 N–H and O–H groups in total. The molecule has 0 aliphatic carbocycles. The number of hydrogen-bond acceptors (Lipinski definition) is 4. The van der Waals surface area contributed by atoms with Gasteiger partial charge in [0, 0.05) is 11.9 Å². The molecule has 0 aromatic carbocycles. The highest BCUT2D eigenvalue weighted by atomic mass is 35.5. The van der Waals surface area contributed by atoms with Crippen molar-refractivity contribution in [1.29, 1.82) is 0 Å². The van der Waals surface area contributed by atoms with E-state index in [1.807, 2.05) is 0 Å². The van der Waals surface area contributed by atoms with Gasteiger partial charge in [0.15, 0.2) is 0 Å². The van der Waals surface area contributed by atoms with Gasteiger partial charge >= 0.3 is 5.97 Å². The van der Waals surface area contributed by atoms with Crippen LogP contribution in [0.3, 0.4) is 0 Å². The fourth-order valence-corrected chi connectivity index (χ4v) is 3.27. The molecule has 0 saturated carbocycles. The van der Waals surface area contributed by atoms with Crippen molar-refractivity contribution in [3.63, 3.8) is 0 Å². The van der Waals surface area contributed by atoms with E-state index in [-0.39, 0.29) is 30.8 Å². The Morgan fingerprint density at radius 2 is 2.00 bits per heavy atom. The van der Waals surface area contributed by atoms with Gasteiger partial charge in [-0.25, -0.2) is 8.42 Å². The third-order valence-electron chi connectivity index (χ3n) is 2.06. The largest absolute Gasteiger partial charge is 0.465 e. The lowest BCUT2D eigenvalue weighted by Gasteiger charge is -2.24. The van der Waals surface area contributed by atoms with Crippen LogP contribution < -0.4 is 0 Å². The van der Waals surface area contributed by atoms with E-state index in [2.05, 4.69) is 0 Å². The van der Waals surface area contributed by atoms with Crippen LogP contribution >= 0.6 is 11.6 Å². The maximum atomic E-state index is 11.9. The molecule has 0 bridgehead atoms. The van der Waals surface area contributed by atoms with E-state index >= 15 is 0 Å². The molecule has 17 heavy (non-hydrogen) atoms. The highest BCUT2D eigenvalue weighted by molar-refractivity contribution is 7.89. The smallest absolute Gasteiger partial charge is 0.321 e. The monoisotopic (exact) mass is 285 g/mol. The van der Waals surface area contributed by atoms with Crippen molar-refractivity contribution in [2.75, 3.05) is 24.8 Å². The number of nitrogens with zero attached hydrogens (tertiary/aromatic N) is 1. The average molecular weight is 286 g/mol. The second-order valence-electron chi connectivity index (χ2n) is 3.80. The Morgan fingerprint density at radius 1 is 1.41 bits per heavy atom. The molecule has 0 fully saturated rings. The first-order valence-electron chi connectivity index (χ1n) is 5.56. The SMILES string of the molecule is CCOC(=O)CN(C(C)C)S(=O)(=O)CCCCl. The van der Waals surface area contributed by atoms with Gasteiger partial charge in [0.25, 0.3) is 0 Å². The van der Waals surface area contributed by atoms with Crippen LogP contribution in [0, 0.1) is 0 Å². The molecule has 0 saturated heterocycles. The number of halogens is 1. The molecule has 0 amide bonds. The molecule has 0 radical (unpaired) electrons. The minimum absolute atomic E-state index is 0.0475. The fourth-order valence-electron chi connectivity index (χ4n) is 1.29. The molecule has 0 rings (SSSR count). The van der Waals surface area contributed by atoms with Gasteiger partial charge in [0.05, 0.1) is 12.4 Å². The van der Waals surface area contributed by atoms with Gasteiger partial charge < -0.3 is 4.74 Å². The van der Waals surface area contributed by atoms with Gasteiger partial charge in [-0.1, -0.05) is 0 Å². The minimum atomic E-state index is -3.45. The Hall–Kier alpha value is -0.330. The lowest BCUT2D eigenvalue weighted by atomic mass is 10.4. The van der Waals surface area contributed by atoms with Crippen LogP contribution in [0.1, 0.15) is 27.2 Å². The number of carbonyl (C=O) groups is 1. The van der Waals surface area contributed by atoms with Crippen molar-refractivity contribution in [2.45, 2.75) is 33.2 Å². The van der Waals surface area contributed by atoms with Crippen molar-refractivity contribution in [1.82, 2.24) is 4.31 Å². The van der Waals surface area contributed by atoms with Gasteiger partial charge in [-0.15, -0.1) is 11.6 Å². The van der Waals surface area contributed by atoms with Gasteiger partial charge in [0.2, 0.25) is 10.0 Å². The van der Waals surface area contributed by atoms with E-state index in [1.165, 1.54) is 0 Å². The van der Waals surface area contributed by atoms with E-state index < -0.39 is 16.0 Å². The number of esters is 1. The Labute approximate surface area is 108 Å². The normalized spacial score (nSPS) is 12.1. The summed E-state index contributed by atoms with van der Waals surface area (Å²) in [5, 5.41) is 0. The summed E-state index contributed by atoms with van der Waals surface area (Å²) in [5.74, 6) is -0.297. The Bertz CT molecular complexity index is 329. The highest BCUT2D eigenvalue weighted by Gasteiger charge is 2.27. The number of rotatable bonds is 8. The summed E-state index contributed by atoms with van der Waals surface area (Å²) in [7, 11) is -3.45. The number of hydrogen-bond donors (Lipinski definition) is 0. The zero-order chi connectivity index (χ0) is 13.5. The Kier molecular flexibility index (Phi) is 7.74. The first kappa shape index (κ1) is 16.7. The summed E-state index contributed by atoms with van der Waals surface area (Å²) < 4.78 is 29.8. The van der Waals surface area contributed by atoms with Crippen molar-refractivity contribution >= 4 is 27.6 Å². The van der Waals surface area contributed by atoms with Gasteiger partial charge in [-0.05, 0) is 27.2 Å². The van der Waals surface area contributed by atoms with Gasteiger partial charge in [-0.2, -0.15) is 4.31 Å². The molecule has 0 aromatic rings. The molecule has 102 valence electrons. The summed E-state index contributed by atoms with van der Waals surface area (Å²) in [4.78, 5) is 11.3. The second-order valence-corrected chi connectivity index (χ2v) is 6.22. The van der Waals surface area contributed by atoms with Crippen LogP contribution in [0.25, 0.3) is 0 Å². The predicted molar refractivity (Wildman–Crippen MR) is 67.6 cm³/mol. The van der Waals surface area contributed by atoms with E-state index in [0.29, 0.717) is 6.42 Å². The maximum Gasteiger partial charge on any atom is 0.321 e. The molecular weight excluding hydrogens is 266 g/mol. The highest BCUT2D eigenvalue weighted by Crippen LogP contribution is 2.09. The predicted octanol–water partition coefficient (Wildman–Crippen LogP) is 1.22. The average Bonchev–Trinajstić information content (AvgIpc) is 2.23. The first-order chi connectivity index (χ1) is 7.85. The number of ether oxygens (including phenoxy) is 1. The third-order valence-corrected chi connectivity index (χ3v) is 4.40. The van der Waals surface area contributed by atoms with Crippen LogP contribution in [0.15, 0.2) is 0 Å². The number of sulfonamides is 1. The zero-order valence-corrected chi connectivity index (χ0v) is 12.1. The fraction of sp³-hybridized carbons (Fsp3) is 0.900. The van der Waals surface area contributed by atoms with E-state index in [0.717, 1.165) is 4.31 Å². The zero-order valence-electron chi connectivity index (χ0n) is 10.5. The quantitative estimate of drug-likeness (QED) is 0.497. The lowest BCUT2D eigenvalue weighted by Crippen LogP contribution is -2.42. The van der Waals surface area contributed by atoms with Crippen LogP contribution in [0.2, 0.25) is 0 Å². The second kappa shape index (κ2) is 7.89. The topological polar surface area (TPSA) is 63.7 Å². The summed E-state index contributed by atoms with van der Waals surface area (Å²) in [6.07, 6.45) is 0.371. The van der Waals surface area contributed by atoms with Crippen LogP contribution in [0.4, 0.5) is 0 Å². The molecule has 0 aliphatic heterocycles. The third kappa shape index (κ3) is 6.24. The molecule has 0 aromatic heterocycles. The first-order valence-corrected chi connectivity index (χ1v) is 7.70. The van der Waals surface area contributed by atoms with Crippen molar-refractivity contribution in [3.05, 3.63) is 0 Å². The van der Waals surface area contributed by atoms with Gasteiger partial charge in [0.1, 0.15) is 6.54 Å². The van der Waals surface area contributed by atoms with E-state index in [9.17, 15) is 13.2 Å². The Morgan fingerprint density at radius 3 is 2.41 bits per heavy atom. The minimum Gasteiger partial charge on any atom is -0.465 e. The summed E-state index contributed by atoms with van der Waals surface area (Å²) >= 11 is 5.47. The molecular formula is C10H20ClNO4S. The van der Waals surface area contributed by atoms with E-state index in [1.54, 1.807) is 20.8 Å². The number of carbonyl (C=O) groups excluding carboxylic acids is 1. The molecule has 0 spiro atoms. The Balaban J connectivity index is 4.67. The van der Waals surface area contributed by atoms with Crippen LogP contribution in [-0.4, -0.2) is 49.5 Å². The van der Waals surface area contributed by atoms with Crippen LogP contribution in [0.5, 0.6) is 0 Å². The molecule has 7 heteroatoms. The van der Waals surface area contributed by atoms with Crippen LogP contribution in [-0.2, 0) is 19.6 Å². The summed E-state index contributed by atoms with van der Waals surface area (Å²) in [6, 6.07) is -0.278. The maximum absolute atomic E-state index is 11.9. The molecule has 0 atom stereocenters. The lowest BCUT2D eigenvalue weighted by molar-refractivity contribution is -0.143. The standard InChI is InChI=1S/C10H20ClNO4S/c1-4-16-10(13)8-12(9(2)3)17(14,15)7-5-6-11/h9H,4-8H2,1-3H3. The van der Waals surface area contributed by atoms with Crippen molar-refractivity contribution in [3.8, 4) is 0 Å². The summed E-state index contributed by atoms with van der Waals surface area (Å²) in [5.41, 5.74) is 0. The molecule has 0 aliphatic rings. The molecule has 5 nitrogen and oxygen atoms in total. The molecule has 0 heterocycles. The van der Waals surface area contributed by atoms with Crippen molar-refractivity contribution in [2.24, 2.45) is 0 Å². The van der Waals surface area contributed by atoms with Crippen molar-refractivity contribution < 1.29 is 17.9 Å². The van der Waals surface area contributed by atoms with E-state index in [4.69, 9.17) is 16.3 Å². The number of alkyl halides is 1.